The smallest absolute Gasteiger partial charge is 0.287 e. The second-order valence-electron chi connectivity index (χ2n) is 7.84. The Morgan fingerprint density at radius 1 is 0.972 bits per heavy atom. The summed E-state index contributed by atoms with van der Waals surface area (Å²) >= 11 is 6.02. The summed E-state index contributed by atoms with van der Waals surface area (Å²) in [7, 11) is -3.67. The lowest BCUT2D eigenvalue weighted by Crippen LogP contribution is -2.36. The molecule has 0 saturated carbocycles. The predicted octanol–water partition coefficient (Wildman–Crippen LogP) is 2.72. The number of aromatic amines is 2. The van der Waals surface area contributed by atoms with Crippen LogP contribution in [0.15, 0.2) is 87.4 Å². The number of hydrogen-bond acceptors (Lipinski definition) is 6. The lowest BCUT2D eigenvalue weighted by molar-refractivity contribution is 0.490. The van der Waals surface area contributed by atoms with Crippen LogP contribution in [0.4, 0.5) is 0 Å². The van der Waals surface area contributed by atoms with Gasteiger partial charge in [-0.05, 0) is 41.5 Å². The van der Waals surface area contributed by atoms with E-state index in [0.717, 1.165) is 11.1 Å². The molecule has 184 valence electrons. The van der Waals surface area contributed by atoms with Gasteiger partial charge < -0.3 is 4.98 Å². The van der Waals surface area contributed by atoms with Crippen molar-refractivity contribution in [2.24, 2.45) is 0 Å². The van der Waals surface area contributed by atoms with Gasteiger partial charge in [-0.15, -0.1) is 0 Å². The fourth-order valence-electron chi connectivity index (χ4n) is 3.83. The first-order valence-corrected chi connectivity index (χ1v) is 12.6. The lowest BCUT2D eigenvalue weighted by Gasteiger charge is -2.20. The maximum atomic E-state index is 13.5. The molecule has 2 aromatic carbocycles. The largest absolute Gasteiger partial charge is 0.350 e. The summed E-state index contributed by atoms with van der Waals surface area (Å²) in [4.78, 5) is 46.6. The van der Waals surface area contributed by atoms with Gasteiger partial charge in [0.05, 0.1) is 11.8 Å². The molecule has 3 heterocycles. The number of halogens is 1. The van der Waals surface area contributed by atoms with Crippen molar-refractivity contribution in [2.75, 3.05) is 6.26 Å². The molecule has 0 spiro atoms. The molecule has 1 unspecified atom stereocenters. The number of fused-ring (bicyclic) bond motifs is 2. The number of aromatic nitrogens is 4. The molecule has 12 heteroatoms. The van der Waals surface area contributed by atoms with Crippen LogP contribution in [0.3, 0.4) is 0 Å². The third kappa shape index (κ3) is 5.28. The molecule has 3 N–H and O–H groups in total. The van der Waals surface area contributed by atoms with Crippen LogP contribution in [0.25, 0.3) is 21.8 Å². The van der Waals surface area contributed by atoms with E-state index in [1.54, 1.807) is 42.7 Å². The van der Waals surface area contributed by atoms with Crippen molar-refractivity contribution in [3.8, 4) is 0 Å². The third-order valence-electron chi connectivity index (χ3n) is 5.24. The Morgan fingerprint density at radius 3 is 2.22 bits per heavy atom. The first kappa shape index (κ1) is 25.0. The Morgan fingerprint density at radius 2 is 1.58 bits per heavy atom. The number of nitrogens with one attached hydrogen (secondary N) is 2. The molecule has 0 aliphatic carbocycles. The zero-order chi connectivity index (χ0) is 26.0. The zero-order valence-electron chi connectivity index (χ0n) is 18.7. The van der Waals surface area contributed by atoms with Crippen LogP contribution in [0.5, 0.6) is 0 Å². The van der Waals surface area contributed by atoms with Gasteiger partial charge >= 0.3 is 0 Å². The highest BCUT2D eigenvalue weighted by atomic mass is 35.5. The molecule has 0 aliphatic heterocycles. The Balaban J connectivity index is 0.000000556. The van der Waals surface area contributed by atoms with Crippen molar-refractivity contribution in [1.29, 1.82) is 0 Å². The molecular weight excluding hydrogens is 508 g/mol. The second kappa shape index (κ2) is 9.90. The second-order valence-corrected chi connectivity index (χ2v) is 9.74. The minimum absolute atomic E-state index is 0.0810. The van der Waals surface area contributed by atoms with Crippen molar-refractivity contribution >= 4 is 43.5 Å². The standard InChI is InChI=1S/C23H15ClN4O3.CH4O3S/c24-15-6-7-16-17(12-15)26-19-18(21(16)29)23(31)28(27-22(19)30)20(13-4-2-1-3-5-13)14-8-10-25-11-9-14;1-5(2,3)4/h1-12,20H,(H,26,29)(H,27,30);1H3,(H,2,3,4). The van der Waals surface area contributed by atoms with Crippen LogP contribution >= 0.6 is 11.6 Å². The van der Waals surface area contributed by atoms with E-state index in [9.17, 15) is 22.8 Å². The minimum Gasteiger partial charge on any atom is -0.350 e. The van der Waals surface area contributed by atoms with Crippen LogP contribution in [0.1, 0.15) is 17.2 Å². The summed E-state index contributed by atoms with van der Waals surface area (Å²) in [6.45, 7) is 0. The molecule has 0 amide bonds. The fourth-order valence-corrected chi connectivity index (χ4v) is 4.00. The van der Waals surface area contributed by atoms with Crippen molar-refractivity contribution in [3.05, 3.63) is 120 Å². The quantitative estimate of drug-likeness (QED) is 0.241. The molecule has 1 atom stereocenters. The predicted molar refractivity (Wildman–Crippen MR) is 137 cm³/mol. The van der Waals surface area contributed by atoms with Crippen molar-refractivity contribution in [3.63, 3.8) is 0 Å². The highest BCUT2D eigenvalue weighted by Crippen LogP contribution is 2.24. The van der Waals surface area contributed by atoms with Gasteiger partial charge in [0.1, 0.15) is 16.9 Å². The van der Waals surface area contributed by atoms with Gasteiger partial charge in [0, 0.05) is 22.8 Å². The van der Waals surface area contributed by atoms with Gasteiger partial charge in [-0.2, -0.15) is 8.42 Å². The average Bonchev–Trinajstić information content (AvgIpc) is 2.82. The van der Waals surface area contributed by atoms with E-state index in [1.165, 1.54) is 4.68 Å². The molecule has 10 nitrogen and oxygen atoms in total. The lowest BCUT2D eigenvalue weighted by atomic mass is 9.99. The molecule has 0 radical (unpaired) electrons. The summed E-state index contributed by atoms with van der Waals surface area (Å²) in [5.41, 5.74) is 0.120. The van der Waals surface area contributed by atoms with Gasteiger partial charge in [-0.25, -0.2) is 4.68 Å². The van der Waals surface area contributed by atoms with E-state index in [-0.39, 0.29) is 16.3 Å². The Kier molecular flexibility index (Phi) is 6.88. The first-order chi connectivity index (χ1) is 17.0. The van der Waals surface area contributed by atoms with E-state index < -0.39 is 32.7 Å². The molecule has 0 fully saturated rings. The number of H-pyrrole nitrogens is 2. The van der Waals surface area contributed by atoms with Gasteiger partial charge in [0.2, 0.25) is 5.43 Å². The highest BCUT2D eigenvalue weighted by Gasteiger charge is 2.22. The molecule has 0 saturated heterocycles. The molecule has 0 bridgehead atoms. The van der Waals surface area contributed by atoms with E-state index in [4.69, 9.17) is 16.2 Å². The summed E-state index contributed by atoms with van der Waals surface area (Å²) < 4.78 is 27.1. The zero-order valence-corrected chi connectivity index (χ0v) is 20.2. The molecular formula is C24H19ClN4O6S. The molecule has 5 rings (SSSR count). The Labute approximate surface area is 208 Å². The van der Waals surface area contributed by atoms with Crippen LogP contribution < -0.4 is 16.5 Å². The summed E-state index contributed by atoms with van der Waals surface area (Å²) in [6.07, 6.45) is 3.94. The highest BCUT2D eigenvalue weighted by molar-refractivity contribution is 7.85. The summed E-state index contributed by atoms with van der Waals surface area (Å²) in [6, 6.07) is 16.8. The number of rotatable bonds is 3. The maximum absolute atomic E-state index is 13.5. The van der Waals surface area contributed by atoms with Crippen LogP contribution in [-0.4, -0.2) is 39.0 Å². The third-order valence-corrected chi connectivity index (χ3v) is 5.48. The molecule has 0 aliphatic rings. The first-order valence-electron chi connectivity index (χ1n) is 10.4. The van der Waals surface area contributed by atoms with Gasteiger partial charge in [0.25, 0.3) is 21.2 Å². The summed E-state index contributed by atoms with van der Waals surface area (Å²) in [5.74, 6) is 0. The maximum Gasteiger partial charge on any atom is 0.287 e. The SMILES string of the molecule is CS(=O)(=O)O.O=c1[nH]n(C(c2ccccc2)c2ccncc2)c(=O)c2c(=O)c3ccc(Cl)cc3[nH]c12. The number of benzene rings is 2. The Hall–Kier alpha value is -4.06. The van der Waals surface area contributed by atoms with E-state index in [0.29, 0.717) is 16.8 Å². The van der Waals surface area contributed by atoms with E-state index >= 15 is 0 Å². The minimum atomic E-state index is -3.67. The van der Waals surface area contributed by atoms with Crippen LogP contribution in [0.2, 0.25) is 5.02 Å². The van der Waals surface area contributed by atoms with Crippen LogP contribution in [0, 0.1) is 0 Å². The normalized spacial score (nSPS) is 12.2. The molecule has 5 aromatic rings. The van der Waals surface area contributed by atoms with Gasteiger partial charge in [-0.1, -0.05) is 41.9 Å². The van der Waals surface area contributed by atoms with E-state index in [2.05, 4.69) is 15.1 Å². The van der Waals surface area contributed by atoms with Gasteiger partial charge in [0.15, 0.2) is 0 Å². The van der Waals surface area contributed by atoms with Crippen molar-refractivity contribution < 1.29 is 13.0 Å². The van der Waals surface area contributed by atoms with E-state index in [1.807, 2.05) is 30.3 Å². The topological polar surface area (TPSA) is 155 Å². The summed E-state index contributed by atoms with van der Waals surface area (Å²) in [5, 5.41) is 3.14. The Bertz CT molecular complexity index is 1800. The fraction of sp³-hybridized carbons (Fsp3) is 0.0833. The van der Waals surface area contributed by atoms with Gasteiger partial charge in [-0.3, -0.25) is 29.0 Å². The average molecular weight is 527 g/mol. The van der Waals surface area contributed by atoms with Crippen LogP contribution in [-0.2, 0) is 10.1 Å². The number of pyridine rings is 2. The number of nitrogens with zero attached hydrogens (tertiary/aromatic N) is 2. The molecule has 3 aromatic heterocycles. The van der Waals surface area contributed by atoms with Crippen molar-refractivity contribution in [2.45, 2.75) is 6.04 Å². The molecule has 36 heavy (non-hydrogen) atoms. The number of hydrogen-bond donors (Lipinski definition) is 3. The van der Waals surface area contributed by atoms with Crippen molar-refractivity contribution in [1.82, 2.24) is 19.7 Å². The monoisotopic (exact) mass is 526 g/mol.